The minimum Gasteiger partial charge on any atom is -0.481 e. The summed E-state index contributed by atoms with van der Waals surface area (Å²) in [5.41, 5.74) is 0.698. The SMILES string of the molecule is CN[C@@H](CNC(=O)CC[C@H](CC(=O)[C@H](Cc1ccccc1)NC(=O)CCCCCCCCC(=O)CC[C@H](NC(=O)N[C@@H](CCC(=O)O)OC=O)C(=O)O)C(=O)O)C(=O)N(C)[C@@H](CC(=O)O)C(=O)N(C)[C@@H](CSC)C(=O)O. The van der Waals surface area contributed by atoms with Crippen molar-refractivity contribution in [2.45, 2.75) is 146 Å². The molecule has 0 unspecified atom stereocenters. The molecule has 0 aliphatic carbocycles. The van der Waals surface area contributed by atoms with E-state index >= 15 is 0 Å². The second-order valence-corrected chi connectivity index (χ2v) is 18.8. The number of nitrogens with zero attached hydrogens (tertiary/aromatic N) is 2. The Morgan fingerprint density at radius 1 is 0.618 bits per heavy atom. The summed E-state index contributed by atoms with van der Waals surface area (Å²) in [5, 5.41) is 59.8. The van der Waals surface area contributed by atoms with Crippen molar-refractivity contribution < 1.29 is 92.6 Å². The quantitative estimate of drug-likeness (QED) is 0.0248. The average Bonchev–Trinajstić information content (AvgIpc) is 3.36. The number of rotatable bonds is 42. The fourth-order valence-corrected chi connectivity index (χ4v) is 8.36. The van der Waals surface area contributed by atoms with Gasteiger partial charge in [0.25, 0.3) is 6.47 Å². The van der Waals surface area contributed by atoms with E-state index in [0.29, 0.717) is 37.7 Å². The number of ketones is 2. The van der Waals surface area contributed by atoms with E-state index in [-0.39, 0.29) is 75.9 Å². The third-order valence-electron chi connectivity index (χ3n) is 12.1. The summed E-state index contributed by atoms with van der Waals surface area (Å²) in [6.45, 7) is -0.364. The second-order valence-electron chi connectivity index (χ2n) is 17.9. The Kier molecular flexibility index (Phi) is 32.3. The second kappa shape index (κ2) is 36.7. The Balaban J connectivity index is 2.73. The number of ether oxygens (including phenoxy) is 1. The summed E-state index contributed by atoms with van der Waals surface area (Å²) in [5.74, 6) is -11.7. The van der Waals surface area contributed by atoms with Crippen LogP contribution in [0.5, 0.6) is 0 Å². The van der Waals surface area contributed by atoms with Crippen LogP contribution in [0.1, 0.15) is 108 Å². The number of carboxylic acid groups (broad SMARTS) is 5. The van der Waals surface area contributed by atoms with E-state index in [4.69, 9.17) is 5.11 Å². The van der Waals surface area contributed by atoms with E-state index in [1.807, 2.05) is 0 Å². The number of amides is 6. The molecular weight excluding hydrogens is 1020 g/mol. The van der Waals surface area contributed by atoms with E-state index in [1.165, 1.54) is 21.1 Å². The summed E-state index contributed by atoms with van der Waals surface area (Å²) < 4.78 is 4.61. The van der Waals surface area contributed by atoms with Crippen LogP contribution in [0.25, 0.3) is 0 Å². The molecule has 0 spiro atoms. The fourth-order valence-electron chi connectivity index (χ4n) is 7.68. The lowest BCUT2D eigenvalue weighted by atomic mass is 9.91. The van der Waals surface area contributed by atoms with Crippen molar-refractivity contribution in [2.24, 2.45) is 5.92 Å². The molecule has 0 heterocycles. The standard InChI is InChI=1S/C49H73N7O19S/c1-50-35(44(66)55(2)36(26-43(64)65)45(67)56(3)37(28-76-4)48(72)73)27-51-39(60)21-18-31(46(68)69)25-38(59)34(24-30-14-10-9-11-15-30)52-40(61)17-13-8-6-5-7-12-16-32(58)19-20-33(47(70)71)53-49(74)54-41(75-29-57)22-23-42(62)63/h9-11,14-15,29,31,33-37,41,50H,5-8,12-13,16-28H2,1-4H3,(H,51,60)(H,52,61)(H,62,63)(H,64,65)(H,68,69)(H,70,71)(H,72,73)(H2,53,54,74)/t31-,33+,34+,35+,36+,37+,41-/m1/s1. The number of likely N-dealkylation sites (N-methyl/N-ethyl adjacent to an activating group) is 3. The van der Waals surface area contributed by atoms with Gasteiger partial charge in [-0.1, -0.05) is 56.0 Å². The van der Waals surface area contributed by atoms with Gasteiger partial charge in [-0.2, -0.15) is 11.8 Å². The van der Waals surface area contributed by atoms with Gasteiger partial charge in [-0.25, -0.2) is 14.4 Å². The highest BCUT2D eigenvalue weighted by Crippen LogP contribution is 2.18. The molecule has 1 rings (SSSR count). The number of carbonyl (C=O) groups excluding carboxylic acids is 8. The zero-order valence-electron chi connectivity index (χ0n) is 43.2. The number of carbonyl (C=O) groups is 13. The molecule has 7 atom stereocenters. The number of Topliss-reactive ketones (excluding diaryl/α,β-unsaturated/α-hetero) is 2. The molecule has 76 heavy (non-hydrogen) atoms. The third-order valence-corrected chi connectivity index (χ3v) is 12.8. The summed E-state index contributed by atoms with van der Waals surface area (Å²) in [6.07, 6.45) is 1.23. The Morgan fingerprint density at radius 3 is 1.79 bits per heavy atom. The van der Waals surface area contributed by atoms with Gasteiger partial charge >= 0.3 is 35.9 Å². The molecule has 10 N–H and O–H groups in total. The van der Waals surface area contributed by atoms with Gasteiger partial charge in [0.05, 0.1) is 24.8 Å². The molecule has 0 aliphatic heterocycles. The predicted octanol–water partition coefficient (Wildman–Crippen LogP) is 1.02. The van der Waals surface area contributed by atoms with Gasteiger partial charge in [0, 0.05) is 64.9 Å². The Morgan fingerprint density at radius 2 is 1.24 bits per heavy atom. The van der Waals surface area contributed by atoms with Crippen molar-refractivity contribution in [3.05, 3.63) is 35.9 Å². The van der Waals surface area contributed by atoms with Gasteiger partial charge in [0.15, 0.2) is 12.0 Å². The predicted molar refractivity (Wildman–Crippen MR) is 271 cm³/mol. The molecule has 0 bridgehead atoms. The van der Waals surface area contributed by atoms with E-state index < -0.39 is 127 Å². The van der Waals surface area contributed by atoms with Gasteiger partial charge in [-0.15, -0.1) is 0 Å². The molecule has 0 aliphatic rings. The average molecular weight is 1100 g/mol. The fraction of sp³-hybridized carbons (Fsp3) is 0.612. The van der Waals surface area contributed by atoms with Crippen LogP contribution in [0.2, 0.25) is 0 Å². The molecule has 0 radical (unpaired) electrons. The number of carboxylic acids is 5. The van der Waals surface area contributed by atoms with Crippen LogP contribution >= 0.6 is 11.8 Å². The summed E-state index contributed by atoms with van der Waals surface area (Å²) in [6, 6.07) is 1.06. The van der Waals surface area contributed by atoms with Crippen LogP contribution in [0.15, 0.2) is 30.3 Å². The van der Waals surface area contributed by atoms with Crippen LogP contribution < -0.4 is 26.6 Å². The highest BCUT2D eigenvalue weighted by Gasteiger charge is 2.38. The number of hydrogen-bond acceptors (Lipinski definition) is 16. The Bertz CT molecular complexity index is 2130. The van der Waals surface area contributed by atoms with Crippen LogP contribution in [0.3, 0.4) is 0 Å². The van der Waals surface area contributed by atoms with E-state index in [2.05, 4.69) is 31.3 Å². The number of benzene rings is 1. The highest BCUT2D eigenvalue weighted by atomic mass is 32.2. The normalized spacial score (nSPS) is 13.6. The van der Waals surface area contributed by atoms with Crippen molar-refractivity contribution in [3.63, 3.8) is 0 Å². The van der Waals surface area contributed by atoms with E-state index in [0.717, 1.165) is 28.0 Å². The topological polar surface area (TPSA) is 399 Å². The van der Waals surface area contributed by atoms with Gasteiger partial charge in [-0.05, 0) is 51.0 Å². The smallest absolute Gasteiger partial charge is 0.327 e. The van der Waals surface area contributed by atoms with Crippen molar-refractivity contribution >= 4 is 89.3 Å². The number of hydrogen-bond donors (Lipinski definition) is 10. The summed E-state index contributed by atoms with van der Waals surface area (Å²) in [7, 11) is 3.74. The van der Waals surface area contributed by atoms with Gasteiger partial charge < -0.3 is 66.7 Å². The van der Waals surface area contributed by atoms with Crippen LogP contribution in [0.4, 0.5) is 4.79 Å². The first-order valence-electron chi connectivity index (χ1n) is 24.6. The number of urea groups is 1. The minimum atomic E-state index is -1.60. The molecule has 1 aromatic rings. The number of aliphatic carboxylic acids is 5. The monoisotopic (exact) mass is 1100 g/mol. The maximum Gasteiger partial charge on any atom is 0.327 e. The van der Waals surface area contributed by atoms with Crippen molar-refractivity contribution in [1.82, 2.24) is 36.4 Å². The summed E-state index contributed by atoms with van der Waals surface area (Å²) in [4.78, 5) is 162. The highest BCUT2D eigenvalue weighted by molar-refractivity contribution is 7.98. The van der Waals surface area contributed by atoms with Crippen molar-refractivity contribution in [2.75, 3.05) is 39.7 Å². The third kappa shape index (κ3) is 26.9. The van der Waals surface area contributed by atoms with Gasteiger partial charge in [0.2, 0.25) is 23.6 Å². The Labute approximate surface area is 444 Å². The van der Waals surface area contributed by atoms with E-state index in [1.54, 1.807) is 36.6 Å². The first kappa shape index (κ1) is 66.9. The minimum absolute atomic E-state index is 0.00526. The molecule has 0 saturated carbocycles. The van der Waals surface area contributed by atoms with Crippen LogP contribution in [-0.2, 0) is 68.7 Å². The number of unbranched alkanes of at least 4 members (excludes halogenated alkanes) is 5. The molecular formula is C49H73N7O19S. The van der Waals surface area contributed by atoms with Crippen molar-refractivity contribution in [3.8, 4) is 0 Å². The maximum atomic E-state index is 13.7. The molecule has 0 aromatic heterocycles. The zero-order valence-corrected chi connectivity index (χ0v) is 44.0. The van der Waals surface area contributed by atoms with E-state index in [9.17, 15) is 82.8 Å². The van der Waals surface area contributed by atoms with Crippen LogP contribution in [-0.4, -0.2) is 189 Å². The molecule has 26 nitrogen and oxygen atoms in total. The Hall–Kier alpha value is -7.16. The molecule has 0 saturated heterocycles. The molecule has 6 amide bonds. The maximum absolute atomic E-state index is 13.7. The first-order chi connectivity index (χ1) is 35.9. The van der Waals surface area contributed by atoms with Gasteiger partial charge in [0.1, 0.15) is 30.0 Å². The first-order valence-corrected chi connectivity index (χ1v) is 26.0. The lowest BCUT2D eigenvalue weighted by Gasteiger charge is -2.34. The molecule has 0 fully saturated rings. The number of nitrogens with one attached hydrogen (secondary N) is 5. The summed E-state index contributed by atoms with van der Waals surface area (Å²) >= 11 is 1.15. The van der Waals surface area contributed by atoms with Gasteiger partial charge in [-0.3, -0.25) is 47.9 Å². The number of thioether (sulfide) groups is 1. The lowest BCUT2D eigenvalue weighted by molar-refractivity contribution is -0.154. The molecule has 424 valence electrons. The molecule has 27 heteroatoms. The molecule has 1 aromatic carbocycles. The largest absolute Gasteiger partial charge is 0.481 e. The lowest BCUT2D eigenvalue weighted by Crippen LogP contribution is -2.58. The van der Waals surface area contributed by atoms with Crippen LogP contribution in [0, 0.1) is 5.92 Å². The van der Waals surface area contributed by atoms with Crippen molar-refractivity contribution in [1.29, 1.82) is 0 Å². The zero-order chi connectivity index (χ0) is 57.3.